The van der Waals surface area contributed by atoms with Crippen molar-refractivity contribution < 1.29 is 0 Å². The van der Waals surface area contributed by atoms with Crippen LogP contribution in [0, 0.1) is 5.92 Å². The zero-order chi connectivity index (χ0) is 16.4. The number of anilines is 1. The lowest BCUT2D eigenvalue weighted by Gasteiger charge is -2.10. The third kappa shape index (κ3) is 2.78. The van der Waals surface area contributed by atoms with E-state index in [1.54, 1.807) is 16.2 Å². The second-order valence-electron chi connectivity index (χ2n) is 5.89. The summed E-state index contributed by atoms with van der Waals surface area (Å²) < 4.78 is 4.40. The van der Waals surface area contributed by atoms with Crippen molar-refractivity contribution in [1.82, 2.24) is 18.7 Å². The van der Waals surface area contributed by atoms with Crippen molar-refractivity contribution in [3.05, 3.63) is 20.8 Å². The smallest absolute Gasteiger partial charge is 0.332 e. The minimum absolute atomic E-state index is 0.272. The van der Waals surface area contributed by atoms with Crippen LogP contribution in [0.2, 0.25) is 0 Å². The SMILES string of the molecule is CC(C)Cn1c(=O)n(C)c(=O)c2c1nc(NCCCN)n2C. The van der Waals surface area contributed by atoms with Crippen molar-refractivity contribution in [2.45, 2.75) is 26.8 Å². The van der Waals surface area contributed by atoms with E-state index < -0.39 is 0 Å². The Morgan fingerprint density at radius 3 is 2.50 bits per heavy atom. The summed E-state index contributed by atoms with van der Waals surface area (Å²) in [4.78, 5) is 29.2. The van der Waals surface area contributed by atoms with Crippen LogP contribution in [0.5, 0.6) is 0 Å². The number of fused-ring (bicyclic) bond motifs is 1. The van der Waals surface area contributed by atoms with E-state index >= 15 is 0 Å². The molecule has 122 valence electrons. The summed E-state index contributed by atoms with van der Waals surface area (Å²) in [5.74, 6) is 0.845. The fourth-order valence-electron chi connectivity index (χ4n) is 2.42. The number of imidazole rings is 1. The Morgan fingerprint density at radius 1 is 1.23 bits per heavy atom. The first-order valence-corrected chi connectivity index (χ1v) is 7.48. The molecule has 8 nitrogen and oxygen atoms in total. The first kappa shape index (κ1) is 16.3. The Kier molecular flexibility index (Phi) is 4.70. The number of aromatic nitrogens is 4. The summed E-state index contributed by atoms with van der Waals surface area (Å²) in [5.41, 5.74) is 5.67. The Balaban J connectivity index is 2.66. The molecule has 0 aliphatic rings. The van der Waals surface area contributed by atoms with Gasteiger partial charge in [0, 0.05) is 27.2 Å². The van der Waals surface area contributed by atoms with Crippen molar-refractivity contribution in [1.29, 1.82) is 0 Å². The maximum atomic E-state index is 12.4. The molecular formula is C14H24N6O2. The lowest BCUT2D eigenvalue weighted by Crippen LogP contribution is -2.39. The molecule has 2 aromatic heterocycles. The zero-order valence-electron chi connectivity index (χ0n) is 13.6. The minimum Gasteiger partial charge on any atom is -0.356 e. The van der Waals surface area contributed by atoms with Crippen LogP contribution in [0.15, 0.2) is 9.59 Å². The van der Waals surface area contributed by atoms with E-state index in [0.29, 0.717) is 36.7 Å². The summed E-state index contributed by atoms with van der Waals surface area (Å²) in [6.07, 6.45) is 0.806. The molecule has 0 unspecified atom stereocenters. The van der Waals surface area contributed by atoms with Gasteiger partial charge in [0.1, 0.15) is 0 Å². The van der Waals surface area contributed by atoms with Gasteiger partial charge in [0.15, 0.2) is 11.2 Å². The highest BCUT2D eigenvalue weighted by Crippen LogP contribution is 2.14. The van der Waals surface area contributed by atoms with Crippen LogP contribution in [-0.4, -0.2) is 31.8 Å². The lowest BCUT2D eigenvalue weighted by atomic mass is 10.2. The van der Waals surface area contributed by atoms with Gasteiger partial charge in [0.05, 0.1) is 0 Å². The van der Waals surface area contributed by atoms with Crippen LogP contribution >= 0.6 is 0 Å². The van der Waals surface area contributed by atoms with E-state index in [4.69, 9.17) is 5.73 Å². The quantitative estimate of drug-likeness (QED) is 0.723. The van der Waals surface area contributed by atoms with Gasteiger partial charge in [-0.05, 0) is 18.9 Å². The van der Waals surface area contributed by atoms with Gasteiger partial charge in [-0.1, -0.05) is 13.8 Å². The molecular weight excluding hydrogens is 284 g/mol. The maximum absolute atomic E-state index is 12.4. The van der Waals surface area contributed by atoms with E-state index in [9.17, 15) is 9.59 Å². The number of nitrogens with two attached hydrogens (primary N) is 1. The van der Waals surface area contributed by atoms with Gasteiger partial charge >= 0.3 is 5.69 Å². The van der Waals surface area contributed by atoms with Gasteiger partial charge < -0.3 is 15.6 Å². The molecule has 0 saturated heterocycles. The molecule has 2 aromatic rings. The number of hydrogen-bond donors (Lipinski definition) is 2. The summed E-state index contributed by atoms with van der Waals surface area (Å²) in [7, 11) is 3.27. The second kappa shape index (κ2) is 6.35. The number of aryl methyl sites for hydroxylation is 1. The fraction of sp³-hybridized carbons (Fsp3) is 0.643. The average molecular weight is 308 g/mol. The Hall–Kier alpha value is -2.09. The number of nitrogens with one attached hydrogen (secondary N) is 1. The summed E-state index contributed by atoms with van der Waals surface area (Å²) in [5, 5.41) is 3.16. The van der Waals surface area contributed by atoms with Crippen molar-refractivity contribution in [3.63, 3.8) is 0 Å². The molecule has 0 radical (unpaired) electrons. The predicted molar refractivity (Wildman–Crippen MR) is 87.2 cm³/mol. The van der Waals surface area contributed by atoms with Crippen LogP contribution < -0.4 is 22.3 Å². The van der Waals surface area contributed by atoms with Gasteiger partial charge in [-0.25, -0.2) is 4.79 Å². The highest BCUT2D eigenvalue weighted by molar-refractivity contribution is 5.74. The number of hydrogen-bond acceptors (Lipinski definition) is 5. The van der Waals surface area contributed by atoms with Crippen LogP contribution in [0.25, 0.3) is 11.2 Å². The molecule has 0 aliphatic carbocycles. The van der Waals surface area contributed by atoms with Crippen LogP contribution in [0.1, 0.15) is 20.3 Å². The molecule has 0 atom stereocenters. The third-order valence-corrected chi connectivity index (χ3v) is 3.57. The van der Waals surface area contributed by atoms with Crippen molar-refractivity contribution in [2.75, 3.05) is 18.4 Å². The van der Waals surface area contributed by atoms with E-state index in [1.807, 2.05) is 13.8 Å². The fourth-order valence-corrected chi connectivity index (χ4v) is 2.42. The van der Waals surface area contributed by atoms with Crippen LogP contribution in [0.4, 0.5) is 5.95 Å². The van der Waals surface area contributed by atoms with Gasteiger partial charge in [0.25, 0.3) is 5.56 Å². The van der Waals surface area contributed by atoms with Gasteiger partial charge in [-0.15, -0.1) is 0 Å². The normalized spacial score (nSPS) is 11.5. The zero-order valence-corrected chi connectivity index (χ0v) is 13.6. The van der Waals surface area contributed by atoms with Crippen LogP contribution in [0.3, 0.4) is 0 Å². The van der Waals surface area contributed by atoms with E-state index in [-0.39, 0.29) is 17.2 Å². The minimum atomic E-state index is -0.335. The second-order valence-corrected chi connectivity index (χ2v) is 5.89. The monoisotopic (exact) mass is 308 g/mol. The van der Waals surface area contributed by atoms with Crippen molar-refractivity contribution in [2.24, 2.45) is 25.7 Å². The molecule has 0 aliphatic heterocycles. The van der Waals surface area contributed by atoms with Crippen molar-refractivity contribution in [3.8, 4) is 0 Å². The first-order chi connectivity index (χ1) is 10.4. The van der Waals surface area contributed by atoms with Gasteiger partial charge in [0.2, 0.25) is 5.95 Å². The standard InChI is InChI=1S/C14H24N6O2/c1-9(2)8-20-11-10(12(21)19(4)14(20)22)18(3)13(17-11)16-7-5-6-15/h9H,5-8,15H2,1-4H3,(H,16,17). The largest absolute Gasteiger partial charge is 0.356 e. The molecule has 0 amide bonds. The Morgan fingerprint density at radius 2 is 1.91 bits per heavy atom. The van der Waals surface area contributed by atoms with Gasteiger partial charge in [-0.3, -0.25) is 13.9 Å². The lowest BCUT2D eigenvalue weighted by molar-refractivity contribution is 0.500. The predicted octanol–water partition coefficient (Wildman–Crippen LogP) is -0.150. The summed E-state index contributed by atoms with van der Waals surface area (Å²) >= 11 is 0. The van der Waals surface area contributed by atoms with Crippen molar-refractivity contribution >= 4 is 17.1 Å². The van der Waals surface area contributed by atoms with E-state index in [1.165, 1.54) is 7.05 Å². The van der Waals surface area contributed by atoms with Gasteiger partial charge in [-0.2, -0.15) is 4.98 Å². The van der Waals surface area contributed by atoms with E-state index in [0.717, 1.165) is 11.0 Å². The molecule has 8 heteroatoms. The van der Waals surface area contributed by atoms with E-state index in [2.05, 4.69) is 10.3 Å². The Bertz CT molecular complexity index is 783. The molecule has 0 saturated carbocycles. The summed E-state index contributed by atoms with van der Waals surface area (Å²) in [6, 6.07) is 0. The molecule has 2 rings (SSSR count). The molecule has 2 heterocycles. The average Bonchev–Trinajstić information content (AvgIpc) is 2.79. The molecule has 3 N–H and O–H groups in total. The number of rotatable bonds is 6. The van der Waals surface area contributed by atoms with Crippen LogP contribution in [-0.2, 0) is 20.6 Å². The highest BCUT2D eigenvalue weighted by Gasteiger charge is 2.18. The Labute approximate surface area is 128 Å². The molecule has 0 aromatic carbocycles. The first-order valence-electron chi connectivity index (χ1n) is 7.48. The molecule has 22 heavy (non-hydrogen) atoms. The topological polar surface area (TPSA) is 99.9 Å². The number of nitrogens with zero attached hydrogens (tertiary/aromatic N) is 4. The molecule has 0 spiro atoms. The summed E-state index contributed by atoms with van der Waals surface area (Å²) in [6.45, 7) is 5.81. The highest BCUT2D eigenvalue weighted by atomic mass is 16.2. The third-order valence-electron chi connectivity index (χ3n) is 3.57. The maximum Gasteiger partial charge on any atom is 0.332 e. The molecule has 0 bridgehead atoms. The molecule has 0 fully saturated rings.